The molecule has 56 valence electrons. The zero-order valence-corrected chi connectivity index (χ0v) is 7.33. The summed E-state index contributed by atoms with van der Waals surface area (Å²) in [4.78, 5) is 0. The lowest BCUT2D eigenvalue weighted by Gasteiger charge is -2.05. The molecule has 1 heterocycles. The minimum atomic E-state index is -1.50. The van der Waals surface area contributed by atoms with Crippen LogP contribution in [0.15, 0.2) is 10.7 Å². The predicted molar refractivity (Wildman–Crippen MR) is 40.5 cm³/mol. The zero-order valence-electron chi connectivity index (χ0n) is 5.07. The highest BCUT2D eigenvalue weighted by atomic mass is 35.6. The lowest BCUT2D eigenvalue weighted by molar-refractivity contribution is 0.386. The average molecular weight is 200 g/mol. The minimum absolute atomic E-state index is 0.275. The van der Waals surface area contributed by atoms with Gasteiger partial charge in [-0.05, 0) is 6.92 Å². The molecule has 0 spiro atoms. The van der Waals surface area contributed by atoms with Gasteiger partial charge in [-0.25, -0.2) is 0 Å². The van der Waals surface area contributed by atoms with Crippen LogP contribution in [-0.4, -0.2) is 5.16 Å². The molecule has 2 nitrogen and oxygen atoms in total. The summed E-state index contributed by atoms with van der Waals surface area (Å²) < 4.78 is 3.18. The van der Waals surface area contributed by atoms with Crippen molar-refractivity contribution in [3.05, 3.63) is 17.5 Å². The van der Waals surface area contributed by atoms with Crippen molar-refractivity contribution in [2.75, 3.05) is 0 Å². The Morgan fingerprint density at radius 2 is 2.10 bits per heavy atom. The monoisotopic (exact) mass is 199 g/mol. The van der Waals surface area contributed by atoms with E-state index in [1.54, 1.807) is 6.92 Å². The summed E-state index contributed by atoms with van der Waals surface area (Å²) in [5, 5.41) is 3.46. The second-order valence-electron chi connectivity index (χ2n) is 1.84. The van der Waals surface area contributed by atoms with Gasteiger partial charge in [-0.15, -0.1) is 0 Å². The van der Waals surface area contributed by atoms with Gasteiger partial charge in [0.05, 0.1) is 6.20 Å². The molecule has 0 saturated heterocycles. The fourth-order valence-electron chi connectivity index (χ4n) is 0.564. The van der Waals surface area contributed by atoms with Gasteiger partial charge in [-0.2, -0.15) is 0 Å². The molecule has 0 aromatic carbocycles. The molecule has 0 radical (unpaired) electrons. The number of rotatable bonds is 0. The van der Waals surface area contributed by atoms with Gasteiger partial charge >= 0.3 is 0 Å². The topological polar surface area (TPSA) is 26.0 Å². The number of aryl methyl sites for hydroxylation is 1. The van der Waals surface area contributed by atoms with Crippen LogP contribution in [0.4, 0.5) is 0 Å². The highest BCUT2D eigenvalue weighted by Gasteiger charge is 2.29. The van der Waals surface area contributed by atoms with Gasteiger partial charge in [-0.3, -0.25) is 0 Å². The first-order valence-electron chi connectivity index (χ1n) is 2.50. The second kappa shape index (κ2) is 2.61. The van der Waals surface area contributed by atoms with E-state index in [4.69, 9.17) is 34.8 Å². The van der Waals surface area contributed by atoms with Crippen LogP contribution in [0.25, 0.3) is 0 Å². The van der Waals surface area contributed by atoms with Crippen LogP contribution in [0.5, 0.6) is 0 Å². The van der Waals surface area contributed by atoms with Crippen molar-refractivity contribution in [1.82, 2.24) is 5.16 Å². The Morgan fingerprint density at radius 1 is 1.50 bits per heavy atom. The second-order valence-corrected chi connectivity index (χ2v) is 4.12. The molecule has 0 saturated carbocycles. The van der Waals surface area contributed by atoms with E-state index in [0.717, 1.165) is 5.56 Å². The van der Waals surface area contributed by atoms with Crippen molar-refractivity contribution in [2.45, 2.75) is 10.7 Å². The number of alkyl halides is 3. The van der Waals surface area contributed by atoms with E-state index in [2.05, 4.69) is 9.68 Å². The van der Waals surface area contributed by atoms with Gasteiger partial charge < -0.3 is 4.52 Å². The van der Waals surface area contributed by atoms with Crippen molar-refractivity contribution in [3.63, 3.8) is 0 Å². The van der Waals surface area contributed by atoms with E-state index in [0.29, 0.717) is 0 Å². The Kier molecular flexibility index (Phi) is 2.13. The molecular formula is C5H4Cl3NO. The molecule has 0 aliphatic rings. The van der Waals surface area contributed by atoms with Crippen molar-refractivity contribution in [3.8, 4) is 0 Å². The smallest absolute Gasteiger partial charge is 0.251 e. The highest BCUT2D eigenvalue weighted by Crippen LogP contribution is 2.39. The summed E-state index contributed by atoms with van der Waals surface area (Å²) in [6.07, 6.45) is 1.50. The standard InChI is InChI=1S/C5H4Cl3NO/c1-3-2-9-10-4(3)5(6,7)8/h2H,1H3. The number of aromatic nitrogens is 1. The van der Waals surface area contributed by atoms with E-state index < -0.39 is 3.79 Å². The lowest BCUT2D eigenvalue weighted by atomic mass is 10.3. The number of hydrogen-bond donors (Lipinski definition) is 0. The lowest BCUT2D eigenvalue weighted by Crippen LogP contribution is -1.99. The van der Waals surface area contributed by atoms with E-state index in [9.17, 15) is 0 Å². The summed E-state index contributed by atoms with van der Waals surface area (Å²) in [5.41, 5.74) is 0.736. The molecule has 1 rings (SSSR count). The quantitative estimate of drug-likeness (QED) is 0.602. The Hall–Kier alpha value is 0.0800. The summed E-state index contributed by atoms with van der Waals surface area (Å²) in [6.45, 7) is 1.76. The SMILES string of the molecule is Cc1cnoc1C(Cl)(Cl)Cl. The highest BCUT2D eigenvalue weighted by molar-refractivity contribution is 6.66. The van der Waals surface area contributed by atoms with Crippen LogP contribution < -0.4 is 0 Å². The average Bonchev–Trinajstić information content (AvgIpc) is 2.11. The Bertz CT molecular complexity index is 227. The molecule has 0 amide bonds. The molecule has 0 unspecified atom stereocenters. The molecule has 10 heavy (non-hydrogen) atoms. The molecule has 5 heteroatoms. The summed E-state index contributed by atoms with van der Waals surface area (Å²) in [5.74, 6) is 0.275. The van der Waals surface area contributed by atoms with Crippen LogP contribution in [-0.2, 0) is 3.79 Å². The maximum Gasteiger partial charge on any atom is 0.251 e. The number of halogens is 3. The molecule has 0 aliphatic carbocycles. The molecule has 1 aromatic heterocycles. The first kappa shape index (κ1) is 8.18. The van der Waals surface area contributed by atoms with Crippen molar-refractivity contribution >= 4 is 34.8 Å². The molecule has 0 fully saturated rings. The largest absolute Gasteiger partial charge is 0.356 e. The van der Waals surface area contributed by atoms with Crippen LogP contribution in [0.3, 0.4) is 0 Å². The maximum absolute atomic E-state index is 5.50. The zero-order chi connectivity index (χ0) is 7.78. The Morgan fingerprint density at radius 3 is 2.30 bits per heavy atom. The van der Waals surface area contributed by atoms with Crippen molar-refractivity contribution < 1.29 is 4.52 Å². The maximum atomic E-state index is 5.50. The van der Waals surface area contributed by atoms with E-state index in [-0.39, 0.29) is 5.76 Å². The van der Waals surface area contributed by atoms with Crippen LogP contribution in [0.2, 0.25) is 0 Å². The van der Waals surface area contributed by atoms with E-state index >= 15 is 0 Å². The summed E-state index contributed by atoms with van der Waals surface area (Å²) >= 11 is 16.5. The van der Waals surface area contributed by atoms with Gasteiger partial charge in [0.25, 0.3) is 3.79 Å². The third kappa shape index (κ3) is 1.57. The van der Waals surface area contributed by atoms with Gasteiger partial charge in [0, 0.05) is 5.56 Å². The van der Waals surface area contributed by atoms with Crippen LogP contribution in [0, 0.1) is 6.92 Å². The summed E-state index contributed by atoms with van der Waals surface area (Å²) in [6, 6.07) is 0. The number of nitrogens with zero attached hydrogens (tertiary/aromatic N) is 1. The first-order chi connectivity index (χ1) is 4.52. The van der Waals surface area contributed by atoms with Crippen molar-refractivity contribution in [1.29, 1.82) is 0 Å². The normalized spacial score (nSPS) is 12.0. The fraction of sp³-hybridized carbons (Fsp3) is 0.400. The fourth-order valence-corrected chi connectivity index (χ4v) is 1.11. The molecule has 1 aromatic rings. The van der Waals surface area contributed by atoms with Crippen LogP contribution in [0.1, 0.15) is 11.3 Å². The van der Waals surface area contributed by atoms with Crippen LogP contribution >= 0.6 is 34.8 Å². The summed E-state index contributed by atoms with van der Waals surface area (Å²) in [7, 11) is 0. The molecule has 0 bridgehead atoms. The Labute approximate surface area is 73.0 Å². The minimum Gasteiger partial charge on any atom is -0.356 e. The first-order valence-corrected chi connectivity index (χ1v) is 3.63. The van der Waals surface area contributed by atoms with Gasteiger partial charge in [0.15, 0.2) is 5.76 Å². The molecular weight excluding hydrogens is 196 g/mol. The van der Waals surface area contributed by atoms with Gasteiger partial charge in [0.2, 0.25) is 0 Å². The molecule has 0 N–H and O–H groups in total. The van der Waals surface area contributed by atoms with E-state index in [1.807, 2.05) is 0 Å². The van der Waals surface area contributed by atoms with Gasteiger partial charge in [-0.1, -0.05) is 40.0 Å². The third-order valence-corrected chi connectivity index (χ3v) is 1.52. The predicted octanol–water partition coefficient (Wildman–Crippen LogP) is 2.81. The third-order valence-electron chi connectivity index (χ3n) is 1.01. The molecule has 0 atom stereocenters. The van der Waals surface area contributed by atoms with E-state index in [1.165, 1.54) is 6.20 Å². The Balaban J connectivity index is 3.05. The molecule has 0 aliphatic heterocycles. The number of hydrogen-bond acceptors (Lipinski definition) is 2. The van der Waals surface area contributed by atoms with Gasteiger partial charge in [0.1, 0.15) is 0 Å². The van der Waals surface area contributed by atoms with Crippen molar-refractivity contribution in [2.24, 2.45) is 0 Å².